The molecule has 3 heterocycles. The zero-order chi connectivity index (χ0) is 67.7. The van der Waals surface area contributed by atoms with E-state index >= 15 is 0 Å². The van der Waals surface area contributed by atoms with E-state index in [1.54, 1.807) is 0 Å². The molecule has 0 N–H and O–H groups in total. The number of fused-ring (bicyclic) bond motifs is 9. The van der Waals surface area contributed by atoms with E-state index in [9.17, 15) is 0 Å². The molecule has 0 aliphatic rings. The predicted molar refractivity (Wildman–Crippen MR) is 426 cm³/mol. The van der Waals surface area contributed by atoms with Gasteiger partial charge in [-0.2, -0.15) is 0 Å². The second-order valence-corrected chi connectivity index (χ2v) is 25.6. The molecule has 19 aromatic rings. The number of para-hydroxylation sites is 5. The summed E-state index contributed by atoms with van der Waals surface area (Å²) in [6, 6.07) is 139. The van der Waals surface area contributed by atoms with Crippen LogP contribution in [0.5, 0.6) is 0 Å². The quantitative estimate of drug-likeness (QED) is 0.108. The highest BCUT2D eigenvalue weighted by molar-refractivity contribution is 6.10. The molecule has 6 nitrogen and oxygen atoms in total. The minimum atomic E-state index is 0.866. The topological polar surface area (TPSA) is 49.1 Å². The van der Waals surface area contributed by atoms with Crippen LogP contribution in [-0.2, 0) is 0 Å². The number of rotatable bonds is 14. The van der Waals surface area contributed by atoms with Crippen LogP contribution in [-0.4, -0.2) is 0 Å². The van der Waals surface area contributed by atoms with Gasteiger partial charge in [0.2, 0.25) is 0 Å². The van der Waals surface area contributed by atoms with Gasteiger partial charge in [0, 0.05) is 83.5 Å². The highest BCUT2D eigenvalue weighted by Gasteiger charge is 2.20. The van der Waals surface area contributed by atoms with Crippen LogP contribution in [0.4, 0.5) is 51.2 Å². The smallest absolute Gasteiger partial charge is 0.135 e. The Morgan fingerprint density at radius 3 is 0.716 bits per heavy atom. The molecule has 0 aliphatic carbocycles. The van der Waals surface area contributed by atoms with E-state index in [1.165, 1.54) is 33.4 Å². The van der Waals surface area contributed by atoms with Crippen molar-refractivity contribution in [2.24, 2.45) is 0 Å². The average Bonchev–Trinajstić information content (AvgIpc) is 1.65. The number of hydrogen-bond acceptors (Lipinski definition) is 6. The summed E-state index contributed by atoms with van der Waals surface area (Å²) >= 11 is 0. The van der Waals surface area contributed by atoms with Crippen LogP contribution < -0.4 is 14.7 Å². The third-order valence-corrected chi connectivity index (χ3v) is 19.3. The molecule has 3 aromatic heterocycles. The molecule has 0 unspecified atom stereocenters. The summed E-state index contributed by atoms with van der Waals surface area (Å²) in [6.07, 6.45) is 0. The predicted octanol–water partition coefficient (Wildman–Crippen LogP) is 27.8. The van der Waals surface area contributed by atoms with Gasteiger partial charge in [-0.3, -0.25) is 0 Å². The van der Waals surface area contributed by atoms with Crippen molar-refractivity contribution < 1.29 is 13.3 Å². The summed E-state index contributed by atoms with van der Waals surface area (Å²) in [5.41, 5.74) is 26.9. The van der Waals surface area contributed by atoms with Gasteiger partial charge in [-0.1, -0.05) is 224 Å². The summed E-state index contributed by atoms with van der Waals surface area (Å²) in [5.74, 6) is 0. The van der Waals surface area contributed by atoms with Crippen molar-refractivity contribution >= 4 is 117 Å². The van der Waals surface area contributed by atoms with Crippen LogP contribution in [0.15, 0.2) is 408 Å². The van der Waals surface area contributed by atoms with Crippen LogP contribution in [0.25, 0.3) is 121 Å². The molecule has 0 atom stereocenters. The summed E-state index contributed by atoms with van der Waals surface area (Å²) in [7, 11) is 0. The fourth-order valence-electron chi connectivity index (χ4n) is 14.3. The summed E-state index contributed by atoms with van der Waals surface area (Å²) in [5, 5.41) is 6.62. The molecule has 482 valence electrons. The normalized spacial score (nSPS) is 11.3. The van der Waals surface area contributed by atoms with Gasteiger partial charge < -0.3 is 28.0 Å². The fraction of sp³-hybridized carbons (Fsp3) is 0. The number of benzene rings is 16. The van der Waals surface area contributed by atoms with Gasteiger partial charge in [0.25, 0.3) is 0 Å². The first-order valence-corrected chi connectivity index (χ1v) is 34.5. The fourth-order valence-corrected chi connectivity index (χ4v) is 14.3. The zero-order valence-electron chi connectivity index (χ0n) is 55.6. The highest BCUT2D eigenvalue weighted by atomic mass is 16.3. The Kier molecular flexibility index (Phi) is 15.8. The molecule has 0 saturated heterocycles. The molecule has 16 aromatic carbocycles. The summed E-state index contributed by atoms with van der Waals surface area (Å²) in [4.78, 5) is 6.89. The van der Waals surface area contributed by atoms with Crippen molar-refractivity contribution in [3.05, 3.63) is 394 Å². The Labute approximate surface area is 591 Å². The third kappa shape index (κ3) is 11.8. The molecule has 19 rings (SSSR count). The molecular weight excluding hydrogens is 1240 g/mol. The Hall–Kier alpha value is -13.7. The van der Waals surface area contributed by atoms with Gasteiger partial charge in [0.05, 0.1) is 0 Å². The zero-order valence-corrected chi connectivity index (χ0v) is 55.6. The van der Waals surface area contributed by atoms with Crippen LogP contribution >= 0.6 is 0 Å². The first-order valence-electron chi connectivity index (χ1n) is 34.5. The van der Waals surface area contributed by atoms with Gasteiger partial charge in [-0.15, -0.1) is 0 Å². The molecule has 0 bridgehead atoms. The van der Waals surface area contributed by atoms with Crippen molar-refractivity contribution in [3.8, 4) is 55.6 Å². The second kappa shape index (κ2) is 26.6. The lowest BCUT2D eigenvalue weighted by molar-refractivity contribution is 0.668. The van der Waals surface area contributed by atoms with Gasteiger partial charge in [-0.25, -0.2) is 0 Å². The van der Waals surface area contributed by atoms with E-state index in [1.807, 2.05) is 12.1 Å². The number of nitrogens with zero attached hydrogens (tertiary/aromatic N) is 3. The largest absolute Gasteiger partial charge is 0.456 e. The minimum Gasteiger partial charge on any atom is -0.456 e. The maximum atomic E-state index is 6.39. The van der Waals surface area contributed by atoms with E-state index in [4.69, 9.17) is 13.3 Å². The molecule has 0 aliphatic heterocycles. The summed E-state index contributed by atoms with van der Waals surface area (Å²) in [6.45, 7) is 0. The van der Waals surface area contributed by atoms with E-state index in [-0.39, 0.29) is 0 Å². The summed E-state index contributed by atoms with van der Waals surface area (Å²) < 4.78 is 18.8. The molecule has 0 saturated carbocycles. The SMILES string of the molecule is c1ccc(-c2ccc(N(c3ccc(-c4ccccc4)cc3)c3ccc(-c4ccc5oc6ccccc6c5c4)cc3)cc2)cc1.c1ccc(N(c2ccccc2)c2ccc3oc4ccc(-c5cccc(-c6ccc7oc8ccc(N(c9ccccc9)c9ccccc9)cc8c7c6)c5)cc4c3c2)cc1. The molecular formula is C96H65N3O3. The maximum absolute atomic E-state index is 6.39. The Morgan fingerprint density at radius 2 is 0.343 bits per heavy atom. The van der Waals surface area contributed by atoms with Gasteiger partial charge in [0.15, 0.2) is 0 Å². The molecule has 0 amide bonds. The molecule has 6 heteroatoms. The number of anilines is 9. The van der Waals surface area contributed by atoms with Gasteiger partial charge >= 0.3 is 0 Å². The third-order valence-electron chi connectivity index (χ3n) is 19.3. The minimum absolute atomic E-state index is 0.866. The van der Waals surface area contributed by atoms with Crippen LogP contribution in [0, 0.1) is 0 Å². The van der Waals surface area contributed by atoms with E-state index in [2.05, 4.69) is 397 Å². The average molecular weight is 1310 g/mol. The molecule has 0 radical (unpaired) electrons. The number of hydrogen-bond donors (Lipinski definition) is 0. The maximum Gasteiger partial charge on any atom is 0.135 e. The molecule has 0 fully saturated rings. The lowest BCUT2D eigenvalue weighted by Gasteiger charge is -2.26. The molecule has 102 heavy (non-hydrogen) atoms. The standard InChI is InChI=1S/C54H36N2O2.C42H29NO/c1-5-16-41(17-6-1)55(42-18-7-2-8-19-42)45-26-30-53-49(35-45)47-33-39(24-28-51(47)57-53)37-14-13-15-38(32-37)40-25-29-52-48(34-40)50-36-46(27-31-54(50)58-52)56(43-20-9-3-10-21-43)44-22-11-4-12-23-44;1-3-9-30(10-4-1)32-15-22-36(23-16-32)43(37-24-17-33(18-25-37)31-11-5-2-6-12-31)38-26-19-34(20-27-38)35-21-28-42-40(29-35)39-13-7-8-14-41(39)44-42/h1-36H;1-29H. The molecule has 0 spiro atoms. The van der Waals surface area contributed by atoms with E-state index in [0.29, 0.717) is 0 Å². The van der Waals surface area contributed by atoms with Crippen LogP contribution in [0.1, 0.15) is 0 Å². The van der Waals surface area contributed by atoms with Crippen LogP contribution in [0.2, 0.25) is 0 Å². The van der Waals surface area contributed by atoms with Crippen LogP contribution in [0.3, 0.4) is 0 Å². The lowest BCUT2D eigenvalue weighted by Crippen LogP contribution is -2.09. The van der Waals surface area contributed by atoms with Crippen molar-refractivity contribution in [3.63, 3.8) is 0 Å². The highest BCUT2D eigenvalue weighted by Crippen LogP contribution is 2.44. The lowest BCUT2D eigenvalue weighted by atomic mass is 9.97. The van der Waals surface area contributed by atoms with E-state index in [0.717, 1.165) is 139 Å². The first-order chi connectivity index (χ1) is 50.5. The van der Waals surface area contributed by atoms with Gasteiger partial charge in [-0.05, 0) is 225 Å². The Balaban J connectivity index is 0.000000152. The first kappa shape index (κ1) is 60.7. The number of furan rings is 3. The van der Waals surface area contributed by atoms with E-state index < -0.39 is 0 Å². The Morgan fingerprint density at radius 1 is 0.127 bits per heavy atom. The van der Waals surface area contributed by atoms with Crippen molar-refractivity contribution in [1.29, 1.82) is 0 Å². The van der Waals surface area contributed by atoms with Gasteiger partial charge in [0.1, 0.15) is 33.5 Å². The second-order valence-electron chi connectivity index (χ2n) is 25.6. The monoisotopic (exact) mass is 1310 g/mol. The Bertz CT molecular complexity index is 5780. The van der Waals surface area contributed by atoms with Crippen molar-refractivity contribution in [2.75, 3.05) is 14.7 Å². The van der Waals surface area contributed by atoms with Crippen molar-refractivity contribution in [2.45, 2.75) is 0 Å². The van der Waals surface area contributed by atoms with Crippen molar-refractivity contribution in [1.82, 2.24) is 0 Å².